The lowest BCUT2D eigenvalue weighted by atomic mass is 10.3. The molecule has 0 heterocycles. The molecule has 114 valence electrons. The SMILES string of the molecule is NC(=O)NC(=O)COC(=O)COc1cc(Cl)c(Cl)cc1Cl. The Kier molecular flexibility index (Phi) is 6.54. The molecular formula is C11H9Cl3N2O5. The minimum Gasteiger partial charge on any atom is -0.480 e. The average Bonchev–Trinajstić information content (AvgIpc) is 2.38. The number of nitrogens with one attached hydrogen (secondary N) is 1. The molecule has 3 amide bonds. The molecule has 21 heavy (non-hydrogen) atoms. The molecule has 0 saturated carbocycles. The summed E-state index contributed by atoms with van der Waals surface area (Å²) in [4.78, 5) is 32.7. The maximum absolute atomic E-state index is 11.3. The van der Waals surface area contributed by atoms with Gasteiger partial charge in [0.15, 0.2) is 13.2 Å². The van der Waals surface area contributed by atoms with E-state index >= 15 is 0 Å². The third-order valence-corrected chi connectivity index (χ3v) is 2.96. The van der Waals surface area contributed by atoms with E-state index in [9.17, 15) is 14.4 Å². The Balaban J connectivity index is 2.45. The summed E-state index contributed by atoms with van der Waals surface area (Å²) in [5.74, 6) is -1.58. The van der Waals surface area contributed by atoms with Gasteiger partial charge in [0.25, 0.3) is 5.91 Å². The van der Waals surface area contributed by atoms with Gasteiger partial charge in [-0.1, -0.05) is 34.8 Å². The van der Waals surface area contributed by atoms with E-state index in [1.165, 1.54) is 12.1 Å². The van der Waals surface area contributed by atoms with E-state index < -0.39 is 31.1 Å². The molecule has 0 atom stereocenters. The van der Waals surface area contributed by atoms with Crippen LogP contribution in [-0.2, 0) is 14.3 Å². The number of nitrogens with two attached hydrogens (primary N) is 1. The van der Waals surface area contributed by atoms with Crippen molar-refractivity contribution in [2.75, 3.05) is 13.2 Å². The fourth-order valence-electron chi connectivity index (χ4n) is 1.11. The van der Waals surface area contributed by atoms with Crippen molar-refractivity contribution >= 4 is 52.7 Å². The molecule has 0 unspecified atom stereocenters. The van der Waals surface area contributed by atoms with Crippen LogP contribution in [-0.4, -0.2) is 31.1 Å². The maximum atomic E-state index is 11.3. The number of halogens is 3. The summed E-state index contributed by atoms with van der Waals surface area (Å²) in [5, 5.41) is 2.31. The summed E-state index contributed by atoms with van der Waals surface area (Å²) in [5.41, 5.74) is 4.70. The van der Waals surface area contributed by atoms with Crippen LogP contribution in [0.3, 0.4) is 0 Å². The maximum Gasteiger partial charge on any atom is 0.344 e. The highest BCUT2D eigenvalue weighted by Crippen LogP contribution is 2.33. The first-order chi connectivity index (χ1) is 9.79. The average molecular weight is 356 g/mol. The van der Waals surface area contributed by atoms with Crippen molar-refractivity contribution in [2.45, 2.75) is 0 Å². The molecule has 0 saturated heterocycles. The van der Waals surface area contributed by atoms with Crippen molar-refractivity contribution in [1.29, 1.82) is 0 Å². The molecule has 1 aromatic rings. The molecule has 1 rings (SSSR count). The normalized spacial score (nSPS) is 9.86. The fourth-order valence-corrected chi connectivity index (χ4v) is 1.70. The number of hydrogen-bond donors (Lipinski definition) is 2. The van der Waals surface area contributed by atoms with Gasteiger partial charge in [-0.15, -0.1) is 0 Å². The van der Waals surface area contributed by atoms with E-state index in [1.807, 2.05) is 0 Å². The van der Waals surface area contributed by atoms with Crippen molar-refractivity contribution in [3.05, 3.63) is 27.2 Å². The highest BCUT2D eigenvalue weighted by molar-refractivity contribution is 6.43. The van der Waals surface area contributed by atoms with Crippen molar-refractivity contribution in [3.8, 4) is 5.75 Å². The summed E-state index contributed by atoms with van der Waals surface area (Å²) in [6.45, 7) is -1.18. The fraction of sp³-hybridized carbons (Fsp3) is 0.182. The predicted molar refractivity (Wildman–Crippen MR) is 75.7 cm³/mol. The summed E-state index contributed by atoms with van der Waals surface area (Å²) >= 11 is 17.3. The van der Waals surface area contributed by atoms with E-state index in [4.69, 9.17) is 45.3 Å². The van der Waals surface area contributed by atoms with Crippen molar-refractivity contribution in [3.63, 3.8) is 0 Å². The zero-order valence-corrected chi connectivity index (χ0v) is 12.6. The molecule has 10 heteroatoms. The molecule has 7 nitrogen and oxygen atoms in total. The van der Waals surface area contributed by atoms with E-state index in [-0.39, 0.29) is 20.8 Å². The van der Waals surface area contributed by atoms with Gasteiger partial charge in [-0.2, -0.15) is 0 Å². The first-order valence-corrected chi connectivity index (χ1v) is 6.45. The molecule has 0 aliphatic rings. The van der Waals surface area contributed by atoms with Gasteiger partial charge in [0, 0.05) is 6.07 Å². The third-order valence-electron chi connectivity index (χ3n) is 1.95. The molecule has 0 spiro atoms. The van der Waals surface area contributed by atoms with Crippen molar-refractivity contribution in [2.24, 2.45) is 5.73 Å². The second kappa shape index (κ2) is 7.92. The number of carbonyl (C=O) groups is 3. The highest BCUT2D eigenvalue weighted by Gasteiger charge is 2.12. The molecule has 0 bridgehead atoms. The molecule has 0 aromatic heterocycles. The van der Waals surface area contributed by atoms with Crippen LogP contribution in [0.4, 0.5) is 4.79 Å². The monoisotopic (exact) mass is 354 g/mol. The van der Waals surface area contributed by atoms with E-state index in [1.54, 1.807) is 5.32 Å². The van der Waals surface area contributed by atoms with Crippen molar-refractivity contribution in [1.82, 2.24) is 5.32 Å². The number of ether oxygens (including phenoxy) is 2. The molecule has 1 aromatic carbocycles. The Hall–Kier alpha value is -1.70. The van der Waals surface area contributed by atoms with Crippen LogP contribution in [0, 0.1) is 0 Å². The van der Waals surface area contributed by atoms with E-state index in [0.29, 0.717) is 0 Å². The Bertz CT molecular complexity index is 579. The smallest absolute Gasteiger partial charge is 0.344 e. The van der Waals surface area contributed by atoms with Crippen molar-refractivity contribution < 1.29 is 23.9 Å². The zero-order valence-electron chi connectivity index (χ0n) is 10.3. The van der Waals surface area contributed by atoms with Crippen LogP contribution in [0.5, 0.6) is 5.75 Å². The van der Waals surface area contributed by atoms with Gasteiger partial charge in [-0.25, -0.2) is 9.59 Å². The molecular weight excluding hydrogens is 346 g/mol. The highest BCUT2D eigenvalue weighted by atomic mass is 35.5. The Morgan fingerprint density at radius 2 is 1.67 bits per heavy atom. The number of esters is 1. The molecule has 0 aliphatic heterocycles. The van der Waals surface area contributed by atoms with Gasteiger partial charge in [-0.3, -0.25) is 10.1 Å². The van der Waals surface area contributed by atoms with Gasteiger partial charge < -0.3 is 15.2 Å². The summed E-state index contributed by atoms with van der Waals surface area (Å²) in [7, 11) is 0. The number of rotatable bonds is 5. The summed E-state index contributed by atoms with van der Waals surface area (Å²) in [6, 6.07) is 1.64. The number of amides is 3. The second-order valence-corrected chi connectivity index (χ2v) is 4.78. The van der Waals surface area contributed by atoms with Crippen LogP contribution in [0.25, 0.3) is 0 Å². The van der Waals surface area contributed by atoms with Crippen LogP contribution < -0.4 is 15.8 Å². The number of primary amides is 1. The minimum absolute atomic E-state index is 0.129. The van der Waals surface area contributed by atoms with Gasteiger partial charge >= 0.3 is 12.0 Å². The lowest BCUT2D eigenvalue weighted by molar-refractivity contribution is -0.150. The number of urea groups is 1. The minimum atomic E-state index is -1.05. The van der Waals surface area contributed by atoms with E-state index in [0.717, 1.165) is 0 Å². The standard InChI is InChI=1S/C11H9Cl3N2O5/c12-5-1-7(14)8(2-6(5)13)20-4-10(18)21-3-9(17)16-11(15)19/h1-2H,3-4H2,(H3,15,16,17,19). The third kappa shape index (κ3) is 6.07. The second-order valence-electron chi connectivity index (χ2n) is 3.56. The number of hydrogen-bond acceptors (Lipinski definition) is 5. The first-order valence-electron chi connectivity index (χ1n) is 5.32. The number of imide groups is 1. The first kappa shape index (κ1) is 17.4. The Labute approximate surface area is 134 Å². The molecule has 3 N–H and O–H groups in total. The predicted octanol–water partition coefficient (Wildman–Crippen LogP) is 1.76. The Morgan fingerprint density at radius 1 is 1.05 bits per heavy atom. The van der Waals surface area contributed by atoms with Crippen LogP contribution in [0.15, 0.2) is 12.1 Å². The van der Waals surface area contributed by atoms with Gasteiger partial charge in [0.2, 0.25) is 0 Å². The number of carbonyl (C=O) groups excluding carboxylic acids is 3. The molecule has 0 aliphatic carbocycles. The summed E-state index contributed by atoms with van der Waals surface area (Å²) in [6.07, 6.45) is 0. The number of benzene rings is 1. The van der Waals surface area contributed by atoms with E-state index in [2.05, 4.69) is 4.74 Å². The summed E-state index contributed by atoms with van der Waals surface area (Å²) < 4.78 is 9.61. The van der Waals surface area contributed by atoms with Gasteiger partial charge in [0.05, 0.1) is 15.1 Å². The lowest BCUT2D eigenvalue weighted by Crippen LogP contribution is -2.38. The quantitative estimate of drug-likeness (QED) is 0.618. The van der Waals surface area contributed by atoms with Gasteiger partial charge in [0.1, 0.15) is 5.75 Å². The Morgan fingerprint density at radius 3 is 2.29 bits per heavy atom. The zero-order chi connectivity index (χ0) is 16.0. The molecule has 0 radical (unpaired) electrons. The van der Waals surface area contributed by atoms with Crippen LogP contribution >= 0.6 is 34.8 Å². The lowest BCUT2D eigenvalue weighted by Gasteiger charge is -2.09. The largest absolute Gasteiger partial charge is 0.480 e. The molecule has 0 fully saturated rings. The topological polar surface area (TPSA) is 108 Å². The van der Waals surface area contributed by atoms with Crippen LogP contribution in [0.2, 0.25) is 15.1 Å². The van der Waals surface area contributed by atoms with Crippen LogP contribution in [0.1, 0.15) is 0 Å². The van der Waals surface area contributed by atoms with Gasteiger partial charge in [-0.05, 0) is 6.07 Å².